The third-order valence-electron chi connectivity index (χ3n) is 5.70. The third-order valence-corrected chi connectivity index (χ3v) is 5.70. The monoisotopic (exact) mass is 502 g/mol. The third kappa shape index (κ3) is 5.03. The number of halogens is 4. The standard InChI is InChI=1S/C24H22F4N6O2/c1-2-34-21-7-16(32-17-12-35-13-17)4-6-20(21)33-22(34)29-9-14-3-5-18(8-19(14)25)36-23-30-10-15(11-31-23)24(26,27)28/h3-8,10-11,17,32H,2,9,12-13H2,1H3,(H,29,33). The highest BCUT2D eigenvalue weighted by Gasteiger charge is 2.31. The van der Waals surface area contributed by atoms with Gasteiger partial charge >= 0.3 is 12.2 Å². The number of imidazole rings is 1. The molecular formula is C24H22F4N6O2. The van der Waals surface area contributed by atoms with E-state index in [9.17, 15) is 17.6 Å². The number of nitrogens with one attached hydrogen (secondary N) is 2. The van der Waals surface area contributed by atoms with E-state index in [1.54, 1.807) is 0 Å². The molecule has 5 rings (SSSR count). The molecule has 0 amide bonds. The van der Waals surface area contributed by atoms with Crippen LogP contribution < -0.4 is 15.4 Å². The maximum absolute atomic E-state index is 14.7. The number of aromatic nitrogens is 4. The second-order valence-corrected chi connectivity index (χ2v) is 8.22. The highest BCUT2D eigenvalue weighted by atomic mass is 19.4. The summed E-state index contributed by atoms with van der Waals surface area (Å²) in [5.74, 6) is 0.114. The van der Waals surface area contributed by atoms with Crippen molar-refractivity contribution >= 4 is 22.7 Å². The summed E-state index contributed by atoms with van der Waals surface area (Å²) in [6, 6.07) is 10.1. The van der Waals surface area contributed by atoms with Crippen molar-refractivity contribution < 1.29 is 27.0 Å². The van der Waals surface area contributed by atoms with Crippen LogP contribution in [0.25, 0.3) is 11.0 Å². The van der Waals surface area contributed by atoms with Gasteiger partial charge in [-0.3, -0.25) is 0 Å². The minimum Gasteiger partial charge on any atom is -0.424 e. The summed E-state index contributed by atoms with van der Waals surface area (Å²) < 4.78 is 65.1. The Bertz CT molecular complexity index is 1370. The zero-order valence-corrected chi connectivity index (χ0v) is 19.1. The maximum atomic E-state index is 14.7. The number of nitrogens with zero attached hydrogens (tertiary/aromatic N) is 4. The molecule has 2 aromatic carbocycles. The fraction of sp³-hybridized carbons (Fsp3) is 0.292. The quantitative estimate of drug-likeness (QED) is 0.320. The summed E-state index contributed by atoms with van der Waals surface area (Å²) in [5, 5.41) is 6.60. The van der Waals surface area contributed by atoms with Gasteiger partial charge in [0.15, 0.2) is 0 Å². The molecule has 1 aliphatic heterocycles. The van der Waals surface area contributed by atoms with E-state index >= 15 is 0 Å². The molecule has 3 heterocycles. The first-order valence-corrected chi connectivity index (χ1v) is 11.2. The number of alkyl halides is 3. The Kier molecular flexibility index (Phi) is 6.35. The lowest BCUT2D eigenvalue weighted by Crippen LogP contribution is -2.40. The predicted molar refractivity (Wildman–Crippen MR) is 124 cm³/mol. The van der Waals surface area contributed by atoms with Gasteiger partial charge in [0.2, 0.25) is 5.95 Å². The van der Waals surface area contributed by atoms with Crippen LogP contribution >= 0.6 is 0 Å². The fourth-order valence-corrected chi connectivity index (χ4v) is 3.75. The number of hydrogen-bond donors (Lipinski definition) is 2. The summed E-state index contributed by atoms with van der Waals surface area (Å²) in [6.45, 7) is 4.20. The Balaban J connectivity index is 1.27. The fourth-order valence-electron chi connectivity index (χ4n) is 3.75. The predicted octanol–water partition coefficient (Wildman–Crippen LogP) is 5.22. The summed E-state index contributed by atoms with van der Waals surface area (Å²) in [6.07, 6.45) is -3.34. The van der Waals surface area contributed by atoms with E-state index in [2.05, 4.69) is 25.6 Å². The lowest BCUT2D eigenvalue weighted by Gasteiger charge is -2.27. The van der Waals surface area contributed by atoms with Crippen molar-refractivity contribution in [1.82, 2.24) is 19.5 Å². The van der Waals surface area contributed by atoms with Gasteiger partial charge in [-0.2, -0.15) is 13.2 Å². The first-order valence-electron chi connectivity index (χ1n) is 11.2. The highest BCUT2D eigenvalue weighted by molar-refractivity contribution is 5.82. The zero-order chi connectivity index (χ0) is 25.3. The molecule has 0 spiro atoms. The van der Waals surface area contributed by atoms with E-state index in [4.69, 9.17) is 9.47 Å². The van der Waals surface area contributed by atoms with Gasteiger partial charge in [0.1, 0.15) is 11.6 Å². The van der Waals surface area contributed by atoms with Gasteiger partial charge in [0.05, 0.1) is 35.9 Å². The Morgan fingerprint density at radius 1 is 1.11 bits per heavy atom. The van der Waals surface area contributed by atoms with Crippen molar-refractivity contribution in [3.8, 4) is 11.8 Å². The molecule has 1 aliphatic rings. The van der Waals surface area contributed by atoms with Gasteiger partial charge in [-0.1, -0.05) is 6.07 Å². The number of anilines is 2. The van der Waals surface area contributed by atoms with Crippen LogP contribution in [0, 0.1) is 5.82 Å². The molecule has 188 valence electrons. The van der Waals surface area contributed by atoms with Crippen molar-refractivity contribution in [1.29, 1.82) is 0 Å². The first kappa shape index (κ1) is 23.8. The van der Waals surface area contributed by atoms with Gasteiger partial charge in [0, 0.05) is 42.8 Å². The molecule has 0 radical (unpaired) electrons. The molecule has 1 saturated heterocycles. The maximum Gasteiger partial charge on any atom is 0.419 e. The van der Waals surface area contributed by atoms with Crippen LogP contribution in [-0.4, -0.2) is 38.8 Å². The molecule has 2 N–H and O–H groups in total. The lowest BCUT2D eigenvalue weighted by molar-refractivity contribution is -0.138. The molecule has 0 unspecified atom stereocenters. The van der Waals surface area contributed by atoms with Crippen molar-refractivity contribution in [2.45, 2.75) is 32.2 Å². The topological polar surface area (TPSA) is 86.1 Å². The van der Waals surface area contributed by atoms with Gasteiger partial charge in [-0.25, -0.2) is 19.3 Å². The largest absolute Gasteiger partial charge is 0.424 e. The van der Waals surface area contributed by atoms with Crippen LogP contribution in [0.15, 0.2) is 48.8 Å². The van der Waals surface area contributed by atoms with Crippen LogP contribution in [0.4, 0.5) is 29.2 Å². The van der Waals surface area contributed by atoms with E-state index in [-0.39, 0.29) is 18.3 Å². The molecule has 0 atom stereocenters. The number of fused-ring (bicyclic) bond motifs is 1. The summed E-state index contributed by atoms with van der Waals surface area (Å²) in [5.41, 5.74) is 2.11. The van der Waals surface area contributed by atoms with Gasteiger partial charge in [-0.05, 0) is 31.2 Å². The van der Waals surface area contributed by atoms with Crippen LogP contribution in [-0.2, 0) is 24.0 Å². The van der Waals surface area contributed by atoms with E-state index in [1.165, 1.54) is 12.1 Å². The van der Waals surface area contributed by atoms with Crippen molar-refractivity contribution in [2.24, 2.45) is 0 Å². The number of rotatable bonds is 8. The number of benzene rings is 2. The van der Waals surface area contributed by atoms with Crippen LogP contribution in [0.5, 0.6) is 11.8 Å². The summed E-state index contributed by atoms with van der Waals surface area (Å²) >= 11 is 0. The minimum absolute atomic E-state index is 0.0636. The minimum atomic E-state index is -4.55. The van der Waals surface area contributed by atoms with Crippen LogP contribution in [0.1, 0.15) is 18.1 Å². The average Bonchev–Trinajstić information content (AvgIpc) is 3.17. The van der Waals surface area contributed by atoms with E-state index in [0.717, 1.165) is 22.8 Å². The molecule has 8 nitrogen and oxygen atoms in total. The zero-order valence-electron chi connectivity index (χ0n) is 19.1. The number of aryl methyl sites for hydroxylation is 1. The SMILES string of the molecule is CCn1c(NCc2ccc(Oc3ncc(C(F)(F)F)cn3)cc2F)nc2ccc(NC3COC3)cc21. The smallest absolute Gasteiger partial charge is 0.419 e. The lowest BCUT2D eigenvalue weighted by atomic mass is 10.2. The van der Waals surface area contributed by atoms with Gasteiger partial charge in [0.25, 0.3) is 0 Å². The molecule has 0 bridgehead atoms. The Morgan fingerprint density at radius 3 is 2.53 bits per heavy atom. The molecule has 0 aliphatic carbocycles. The summed E-state index contributed by atoms with van der Waals surface area (Å²) in [4.78, 5) is 11.7. The van der Waals surface area contributed by atoms with E-state index in [1.807, 2.05) is 29.7 Å². The van der Waals surface area contributed by atoms with Crippen molar-refractivity contribution in [3.63, 3.8) is 0 Å². The number of hydrogen-bond acceptors (Lipinski definition) is 7. The molecule has 36 heavy (non-hydrogen) atoms. The van der Waals surface area contributed by atoms with Gasteiger partial charge < -0.3 is 24.7 Å². The van der Waals surface area contributed by atoms with E-state index in [0.29, 0.717) is 49.7 Å². The molecule has 0 saturated carbocycles. The Hall–Kier alpha value is -3.93. The van der Waals surface area contributed by atoms with Crippen LogP contribution in [0.2, 0.25) is 0 Å². The molecule has 1 fully saturated rings. The summed E-state index contributed by atoms with van der Waals surface area (Å²) in [7, 11) is 0. The molecule has 2 aromatic heterocycles. The van der Waals surface area contributed by atoms with Crippen molar-refractivity contribution in [2.75, 3.05) is 23.8 Å². The average molecular weight is 502 g/mol. The molecular weight excluding hydrogens is 480 g/mol. The normalized spacial score (nSPS) is 14.0. The number of ether oxygens (including phenoxy) is 2. The first-order chi connectivity index (χ1) is 17.3. The van der Waals surface area contributed by atoms with Gasteiger partial charge in [-0.15, -0.1) is 0 Å². The Labute approximate surface area is 203 Å². The second-order valence-electron chi connectivity index (χ2n) is 8.22. The molecule has 4 aromatic rings. The second kappa shape index (κ2) is 9.61. The Morgan fingerprint density at radius 2 is 1.89 bits per heavy atom. The van der Waals surface area contributed by atoms with E-state index < -0.39 is 17.6 Å². The highest BCUT2D eigenvalue weighted by Crippen LogP contribution is 2.29. The molecule has 12 heteroatoms. The van der Waals surface area contributed by atoms with Crippen LogP contribution in [0.3, 0.4) is 0 Å². The van der Waals surface area contributed by atoms with Crippen molar-refractivity contribution in [3.05, 3.63) is 65.7 Å².